The molecule has 1 heterocycles. The van der Waals surface area contributed by atoms with E-state index in [1.165, 1.54) is 24.0 Å². The Morgan fingerprint density at radius 1 is 1.22 bits per heavy atom. The largest absolute Gasteiger partial charge is 0.294 e. The number of hydrogen-bond acceptors (Lipinski definition) is 2. The van der Waals surface area contributed by atoms with Gasteiger partial charge in [0.25, 0.3) is 0 Å². The Hall–Kier alpha value is -1.70. The Morgan fingerprint density at radius 2 is 2.00 bits per heavy atom. The highest BCUT2D eigenvalue weighted by Crippen LogP contribution is 2.30. The summed E-state index contributed by atoms with van der Waals surface area (Å²) in [5.41, 5.74) is 5.40. The predicted octanol–water partition coefficient (Wildman–Crippen LogP) is 3.62. The van der Waals surface area contributed by atoms with E-state index in [2.05, 4.69) is 19.1 Å². The molecule has 0 aliphatic heterocycles. The van der Waals surface area contributed by atoms with E-state index in [0.717, 1.165) is 35.0 Å². The number of fused-ring (bicyclic) bond motifs is 2. The molecule has 3 rings (SSSR count). The van der Waals surface area contributed by atoms with Gasteiger partial charge in [0.1, 0.15) is 0 Å². The first kappa shape index (κ1) is 11.4. The van der Waals surface area contributed by atoms with Gasteiger partial charge in [0.15, 0.2) is 5.78 Å². The maximum absolute atomic E-state index is 12.0. The van der Waals surface area contributed by atoms with Crippen molar-refractivity contribution in [3.8, 4) is 0 Å². The van der Waals surface area contributed by atoms with E-state index in [0.29, 0.717) is 0 Å². The van der Waals surface area contributed by atoms with Crippen molar-refractivity contribution in [1.29, 1.82) is 0 Å². The fourth-order valence-electron chi connectivity index (χ4n) is 2.94. The van der Waals surface area contributed by atoms with E-state index in [4.69, 9.17) is 4.98 Å². The molecule has 2 aromatic rings. The van der Waals surface area contributed by atoms with Crippen molar-refractivity contribution in [2.75, 3.05) is 0 Å². The molecule has 0 amide bonds. The summed E-state index contributed by atoms with van der Waals surface area (Å²) in [7, 11) is 0. The van der Waals surface area contributed by atoms with Crippen LogP contribution in [0.4, 0.5) is 0 Å². The van der Waals surface area contributed by atoms with Gasteiger partial charge in [0.05, 0.1) is 5.52 Å². The Bertz CT molecular complexity index is 643. The van der Waals surface area contributed by atoms with Crippen molar-refractivity contribution in [2.24, 2.45) is 0 Å². The summed E-state index contributed by atoms with van der Waals surface area (Å²) < 4.78 is 0. The topological polar surface area (TPSA) is 30.0 Å². The molecule has 92 valence electrons. The maximum atomic E-state index is 12.0. The number of carbonyl (C=O) groups excluding carboxylic acids is 1. The Kier molecular flexibility index (Phi) is 2.66. The van der Waals surface area contributed by atoms with Crippen LogP contribution in [0.1, 0.15) is 46.9 Å². The van der Waals surface area contributed by atoms with E-state index in [-0.39, 0.29) is 5.78 Å². The number of ketones is 1. The first-order chi connectivity index (χ1) is 8.66. The fraction of sp³-hybridized carbons (Fsp3) is 0.375. The van der Waals surface area contributed by atoms with Crippen LogP contribution >= 0.6 is 0 Å². The summed E-state index contributed by atoms with van der Waals surface area (Å²) in [6.45, 7) is 3.73. The Morgan fingerprint density at radius 3 is 2.78 bits per heavy atom. The third-order valence-electron chi connectivity index (χ3n) is 3.77. The molecule has 0 N–H and O–H groups in total. The fourth-order valence-corrected chi connectivity index (χ4v) is 2.94. The van der Waals surface area contributed by atoms with Crippen molar-refractivity contribution in [3.63, 3.8) is 0 Å². The second kappa shape index (κ2) is 4.20. The zero-order chi connectivity index (χ0) is 12.7. The lowest BCUT2D eigenvalue weighted by molar-refractivity contribution is 0.101. The van der Waals surface area contributed by atoms with Gasteiger partial charge >= 0.3 is 0 Å². The minimum atomic E-state index is 0.172. The summed E-state index contributed by atoms with van der Waals surface area (Å²) in [5, 5.41) is 1.03. The number of rotatable bonds is 1. The summed E-state index contributed by atoms with van der Waals surface area (Å²) >= 11 is 0. The number of aromatic nitrogens is 1. The highest BCUT2D eigenvalue weighted by atomic mass is 16.1. The molecule has 18 heavy (non-hydrogen) atoms. The molecule has 1 aromatic heterocycles. The molecule has 0 saturated carbocycles. The molecule has 1 aliphatic carbocycles. The minimum Gasteiger partial charge on any atom is -0.294 e. The van der Waals surface area contributed by atoms with Crippen LogP contribution < -0.4 is 0 Å². The van der Waals surface area contributed by atoms with Gasteiger partial charge in [0.2, 0.25) is 0 Å². The van der Waals surface area contributed by atoms with Crippen molar-refractivity contribution in [3.05, 3.63) is 40.6 Å². The van der Waals surface area contributed by atoms with Crippen molar-refractivity contribution in [1.82, 2.24) is 4.98 Å². The molecular weight excluding hydrogens is 222 g/mol. The molecular formula is C16H17NO. The quantitative estimate of drug-likeness (QED) is 0.711. The van der Waals surface area contributed by atoms with E-state index in [1.807, 2.05) is 6.07 Å². The van der Waals surface area contributed by atoms with Crippen LogP contribution in [0.25, 0.3) is 10.9 Å². The molecule has 0 saturated heterocycles. The smallest absolute Gasteiger partial charge is 0.160 e. The molecule has 2 nitrogen and oxygen atoms in total. The van der Waals surface area contributed by atoms with Crippen molar-refractivity contribution < 1.29 is 4.79 Å². The van der Waals surface area contributed by atoms with Crippen LogP contribution in [0, 0.1) is 6.92 Å². The molecule has 0 unspecified atom stereocenters. The van der Waals surface area contributed by atoms with E-state index in [1.54, 1.807) is 6.92 Å². The van der Waals surface area contributed by atoms with Crippen LogP contribution in [0.15, 0.2) is 18.2 Å². The Balaban J connectivity index is 2.41. The lowest BCUT2D eigenvalue weighted by Gasteiger charge is -2.19. The summed E-state index contributed by atoms with van der Waals surface area (Å²) in [5.74, 6) is 0.172. The van der Waals surface area contributed by atoms with Gasteiger partial charge in [-0.05, 0) is 57.2 Å². The van der Waals surface area contributed by atoms with Crippen molar-refractivity contribution in [2.45, 2.75) is 39.5 Å². The molecule has 0 fully saturated rings. The van der Waals surface area contributed by atoms with Gasteiger partial charge in [-0.3, -0.25) is 9.78 Å². The van der Waals surface area contributed by atoms with Gasteiger partial charge < -0.3 is 0 Å². The normalized spacial score (nSPS) is 14.6. The highest BCUT2D eigenvalue weighted by molar-refractivity contribution is 6.07. The average molecular weight is 239 g/mol. The number of carbonyl (C=O) groups is 1. The van der Waals surface area contributed by atoms with Crippen LogP contribution in [-0.4, -0.2) is 10.8 Å². The number of aryl methyl sites for hydroxylation is 2. The molecule has 0 radical (unpaired) electrons. The highest BCUT2D eigenvalue weighted by Gasteiger charge is 2.20. The molecule has 0 atom stereocenters. The Labute approximate surface area is 107 Å². The van der Waals surface area contributed by atoms with Gasteiger partial charge in [-0.25, -0.2) is 0 Å². The van der Waals surface area contributed by atoms with Gasteiger partial charge in [-0.15, -0.1) is 0 Å². The zero-order valence-electron chi connectivity index (χ0n) is 10.9. The monoisotopic (exact) mass is 239 g/mol. The van der Waals surface area contributed by atoms with Gasteiger partial charge in [0, 0.05) is 16.6 Å². The zero-order valence-corrected chi connectivity index (χ0v) is 10.9. The number of pyridine rings is 1. The third-order valence-corrected chi connectivity index (χ3v) is 3.77. The molecule has 1 aliphatic rings. The van der Waals surface area contributed by atoms with Crippen LogP contribution in [0.5, 0.6) is 0 Å². The lowest BCUT2D eigenvalue weighted by Crippen LogP contribution is -2.12. The second-order valence-corrected chi connectivity index (χ2v) is 5.20. The van der Waals surface area contributed by atoms with Gasteiger partial charge in [-0.2, -0.15) is 0 Å². The lowest BCUT2D eigenvalue weighted by atomic mass is 9.88. The summed E-state index contributed by atoms with van der Waals surface area (Å²) in [4.78, 5) is 16.8. The van der Waals surface area contributed by atoms with E-state index < -0.39 is 0 Å². The number of nitrogens with zero attached hydrogens (tertiary/aromatic N) is 1. The maximum Gasteiger partial charge on any atom is 0.160 e. The van der Waals surface area contributed by atoms with E-state index in [9.17, 15) is 4.79 Å². The molecule has 2 heteroatoms. The molecule has 1 aromatic carbocycles. The SMILES string of the molecule is CC(=O)c1c2c(nc3ccc(C)cc13)CCCC2. The van der Waals surface area contributed by atoms with E-state index >= 15 is 0 Å². The van der Waals surface area contributed by atoms with Crippen molar-refractivity contribution >= 4 is 16.7 Å². The van der Waals surface area contributed by atoms with Crippen LogP contribution in [-0.2, 0) is 12.8 Å². The second-order valence-electron chi connectivity index (χ2n) is 5.20. The first-order valence-electron chi connectivity index (χ1n) is 6.60. The third kappa shape index (κ3) is 1.72. The minimum absolute atomic E-state index is 0.172. The standard InChI is InChI=1S/C16H17NO/c1-10-7-8-15-13(9-10)16(11(2)18)12-5-3-4-6-14(12)17-15/h7-9H,3-6H2,1-2H3. The summed E-state index contributed by atoms with van der Waals surface area (Å²) in [6, 6.07) is 6.19. The number of hydrogen-bond donors (Lipinski definition) is 0. The average Bonchev–Trinajstić information content (AvgIpc) is 2.35. The first-order valence-corrected chi connectivity index (χ1v) is 6.60. The molecule has 0 spiro atoms. The number of Topliss-reactive ketones (excluding diaryl/α,β-unsaturated/α-hetero) is 1. The van der Waals surface area contributed by atoms with Crippen LogP contribution in [0.2, 0.25) is 0 Å². The molecule has 0 bridgehead atoms. The van der Waals surface area contributed by atoms with Gasteiger partial charge in [-0.1, -0.05) is 11.6 Å². The number of benzene rings is 1. The van der Waals surface area contributed by atoms with Crippen LogP contribution in [0.3, 0.4) is 0 Å². The summed E-state index contributed by atoms with van der Waals surface area (Å²) in [6.07, 6.45) is 4.38. The predicted molar refractivity (Wildman–Crippen MR) is 73.1 cm³/mol.